The fourth-order valence-electron chi connectivity index (χ4n) is 2.22. The summed E-state index contributed by atoms with van der Waals surface area (Å²) in [5.41, 5.74) is 2.75. The average molecular weight is 267 g/mol. The smallest absolute Gasteiger partial charge is 0.0564 e. The molecule has 1 rings (SSSR count). The third-order valence-corrected chi connectivity index (χ3v) is 4.54. The van der Waals surface area contributed by atoms with Crippen LogP contribution in [-0.4, -0.2) is 35.3 Å². The van der Waals surface area contributed by atoms with Gasteiger partial charge in [-0.15, -0.1) is 0 Å². The van der Waals surface area contributed by atoms with Crippen LogP contribution in [0.2, 0.25) is 0 Å². The van der Waals surface area contributed by atoms with Gasteiger partial charge in [-0.25, -0.2) is 0 Å². The van der Waals surface area contributed by atoms with Gasteiger partial charge in [0.05, 0.1) is 6.61 Å². The molecule has 0 heterocycles. The molecule has 2 nitrogen and oxygen atoms in total. The highest BCUT2D eigenvalue weighted by Gasteiger charge is 2.17. The third kappa shape index (κ3) is 4.63. The maximum absolute atomic E-state index is 9.28. The van der Waals surface area contributed by atoms with Crippen molar-refractivity contribution in [2.75, 3.05) is 12.9 Å². The zero-order valence-corrected chi connectivity index (χ0v) is 12.6. The van der Waals surface area contributed by atoms with E-state index < -0.39 is 0 Å². The number of nitrogens with one attached hydrogen (secondary N) is 1. The zero-order chi connectivity index (χ0) is 13.5. The fraction of sp³-hybridized carbons (Fsp3) is 0.600. The minimum atomic E-state index is 0.229. The van der Waals surface area contributed by atoms with E-state index in [0.717, 1.165) is 6.42 Å². The van der Waals surface area contributed by atoms with E-state index in [1.807, 2.05) is 6.26 Å². The molecule has 3 atom stereocenters. The van der Waals surface area contributed by atoms with Crippen LogP contribution in [0.3, 0.4) is 0 Å². The molecule has 102 valence electrons. The van der Waals surface area contributed by atoms with Gasteiger partial charge in [0.25, 0.3) is 0 Å². The van der Waals surface area contributed by atoms with Gasteiger partial charge in [0, 0.05) is 17.3 Å². The molecular weight excluding hydrogens is 242 g/mol. The van der Waals surface area contributed by atoms with Gasteiger partial charge in [0.15, 0.2) is 0 Å². The molecule has 0 bridgehead atoms. The molecule has 0 spiro atoms. The predicted octanol–water partition coefficient (Wildman–Crippen LogP) is 2.63. The van der Waals surface area contributed by atoms with Crippen LogP contribution in [0.5, 0.6) is 0 Å². The molecule has 0 fully saturated rings. The van der Waals surface area contributed by atoms with Gasteiger partial charge in [-0.3, -0.25) is 0 Å². The van der Waals surface area contributed by atoms with Crippen molar-refractivity contribution in [3.8, 4) is 0 Å². The van der Waals surface area contributed by atoms with Gasteiger partial charge in [-0.05, 0) is 44.6 Å². The van der Waals surface area contributed by atoms with Crippen molar-refractivity contribution in [2.24, 2.45) is 0 Å². The summed E-state index contributed by atoms with van der Waals surface area (Å²) in [6, 6.07) is 9.26. The Morgan fingerprint density at radius 2 is 1.94 bits per heavy atom. The van der Waals surface area contributed by atoms with Gasteiger partial charge in [-0.1, -0.05) is 24.3 Å². The number of aryl methyl sites for hydroxylation is 1. The average Bonchev–Trinajstić information content (AvgIpc) is 2.33. The van der Waals surface area contributed by atoms with E-state index in [9.17, 15) is 5.11 Å². The second kappa shape index (κ2) is 7.82. The number of hydrogen-bond acceptors (Lipinski definition) is 3. The van der Waals surface area contributed by atoms with Crippen molar-refractivity contribution < 1.29 is 5.11 Å². The minimum Gasteiger partial charge on any atom is -0.395 e. The highest BCUT2D eigenvalue weighted by atomic mass is 32.2. The van der Waals surface area contributed by atoms with Crippen LogP contribution in [-0.2, 0) is 6.42 Å². The molecule has 0 aromatic heterocycles. The Morgan fingerprint density at radius 3 is 2.50 bits per heavy atom. The predicted molar refractivity (Wildman–Crippen MR) is 81.3 cm³/mol. The Morgan fingerprint density at radius 1 is 1.28 bits per heavy atom. The summed E-state index contributed by atoms with van der Waals surface area (Å²) in [5.74, 6) is 0. The van der Waals surface area contributed by atoms with Crippen molar-refractivity contribution >= 4 is 11.8 Å². The summed E-state index contributed by atoms with van der Waals surface area (Å²) in [7, 11) is 0. The van der Waals surface area contributed by atoms with E-state index >= 15 is 0 Å². The van der Waals surface area contributed by atoms with E-state index in [1.165, 1.54) is 11.1 Å². The number of rotatable bonds is 7. The van der Waals surface area contributed by atoms with E-state index in [4.69, 9.17) is 0 Å². The van der Waals surface area contributed by atoms with E-state index in [0.29, 0.717) is 12.1 Å². The number of thioether (sulfide) groups is 1. The molecule has 0 aliphatic rings. The molecule has 0 radical (unpaired) electrons. The maximum Gasteiger partial charge on any atom is 0.0564 e. The van der Waals surface area contributed by atoms with E-state index in [1.54, 1.807) is 11.8 Å². The van der Waals surface area contributed by atoms with Crippen LogP contribution in [0.1, 0.15) is 25.0 Å². The Balaban J connectivity index is 2.51. The third-order valence-electron chi connectivity index (χ3n) is 3.38. The second-order valence-corrected chi connectivity index (χ2v) is 6.02. The van der Waals surface area contributed by atoms with Crippen molar-refractivity contribution in [3.05, 3.63) is 35.4 Å². The highest BCUT2D eigenvalue weighted by Crippen LogP contribution is 2.13. The number of benzene rings is 1. The van der Waals surface area contributed by atoms with Crippen molar-refractivity contribution in [1.29, 1.82) is 0 Å². The summed E-state index contributed by atoms with van der Waals surface area (Å²) in [6.45, 7) is 6.74. The lowest BCUT2D eigenvalue weighted by atomic mass is 10.0. The Bertz CT molecular complexity index is 352. The minimum absolute atomic E-state index is 0.229. The molecule has 3 heteroatoms. The number of hydrogen-bond donors (Lipinski definition) is 2. The molecule has 0 aliphatic heterocycles. The van der Waals surface area contributed by atoms with Gasteiger partial charge in [-0.2, -0.15) is 11.8 Å². The number of aliphatic hydroxyl groups excluding tert-OH is 1. The topological polar surface area (TPSA) is 32.3 Å². The lowest BCUT2D eigenvalue weighted by Gasteiger charge is -2.25. The quantitative estimate of drug-likeness (QED) is 0.796. The van der Waals surface area contributed by atoms with Crippen molar-refractivity contribution in [1.82, 2.24) is 5.32 Å². The maximum atomic E-state index is 9.28. The first kappa shape index (κ1) is 15.5. The van der Waals surface area contributed by atoms with Crippen LogP contribution < -0.4 is 5.32 Å². The fourth-order valence-corrected chi connectivity index (χ4v) is 2.86. The molecule has 1 aromatic rings. The van der Waals surface area contributed by atoms with Crippen LogP contribution in [0.25, 0.3) is 0 Å². The largest absolute Gasteiger partial charge is 0.395 e. The van der Waals surface area contributed by atoms with E-state index in [2.05, 4.69) is 50.4 Å². The van der Waals surface area contributed by atoms with Gasteiger partial charge < -0.3 is 10.4 Å². The first-order valence-corrected chi connectivity index (χ1v) is 7.81. The van der Waals surface area contributed by atoms with E-state index in [-0.39, 0.29) is 11.9 Å². The standard InChI is InChI=1S/C15H25NOS/c1-11-7-5-6-8-14(11)9-12(2)16-13(3)15(10-17)18-4/h5-8,12-13,15-17H,9-10H2,1-4H3. The summed E-state index contributed by atoms with van der Waals surface area (Å²) >= 11 is 1.72. The molecule has 0 saturated carbocycles. The Hall–Kier alpha value is -0.510. The first-order valence-electron chi connectivity index (χ1n) is 6.52. The van der Waals surface area contributed by atoms with Gasteiger partial charge in [0.2, 0.25) is 0 Å². The van der Waals surface area contributed by atoms with Crippen LogP contribution >= 0.6 is 11.8 Å². The molecular formula is C15H25NOS. The second-order valence-electron chi connectivity index (χ2n) is 4.94. The lowest BCUT2D eigenvalue weighted by molar-refractivity contribution is 0.271. The highest BCUT2D eigenvalue weighted by molar-refractivity contribution is 7.99. The SMILES string of the molecule is CSC(CO)C(C)NC(C)Cc1ccccc1C. The molecule has 1 aromatic carbocycles. The van der Waals surface area contributed by atoms with Crippen LogP contribution in [0, 0.1) is 6.92 Å². The Labute approximate surface area is 115 Å². The van der Waals surface area contributed by atoms with Gasteiger partial charge >= 0.3 is 0 Å². The zero-order valence-electron chi connectivity index (χ0n) is 11.8. The molecule has 0 amide bonds. The number of aliphatic hydroxyl groups is 1. The summed E-state index contributed by atoms with van der Waals surface area (Å²) in [4.78, 5) is 0. The molecule has 2 N–H and O–H groups in total. The van der Waals surface area contributed by atoms with Crippen molar-refractivity contribution in [3.63, 3.8) is 0 Å². The van der Waals surface area contributed by atoms with Gasteiger partial charge in [0.1, 0.15) is 0 Å². The molecule has 0 aliphatic carbocycles. The van der Waals surface area contributed by atoms with Crippen molar-refractivity contribution in [2.45, 2.75) is 44.5 Å². The van der Waals surface area contributed by atoms with Crippen LogP contribution in [0.15, 0.2) is 24.3 Å². The lowest BCUT2D eigenvalue weighted by Crippen LogP contribution is -2.43. The monoisotopic (exact) mass is 267 g/mol. The first-order chi connectivity index (χ1) is 8.58. The normalized spacial score (nSPS) is 16.3. The molecule has 3 unspecified atom stereocenters. The Kier molecular flexibility index (Phi) is 6.76. The molecule has 18 heavy (non-hydrogen) atoms. The van der Waals surface area contributed by atoms with Crippen LogP contribution in [0.4, 0.5) is 0 Å². The summed E-state index contributed by atoms with van der Waals surface area (Å²) in [5, 5.41) is 13.1. The summed E-state index contributed by atoms with van der Waals surface area (Å²) < 4.78 is 0. The summed E-state index contributed by atoms with van der Waals surface area (Å²) in [6.07, 6.45) is 3.08. The molecule has 0 saturated heterocycles.